The number of nitrogens with one attached hydrogen (secondary N) is 2. The Morgan fingerprint density at radius 1 is 1.24 bits per heavy atom. The fraction of sp³-hybridized carbons (Fsp3) is 0.250. The molecule has 0 aliphatic carbocycles. The summed E-state index contributed by atoms with van der Waals surface area (Å²) in [6.07, 6.45) is -0.682. The van der Waals surface area contributed by atoms with Crippen molar-refractivity contribution in [1.82, 2.24) is 5.32 Å². The van der Waals surface area contributed by atoms with E-state index in [1.165, 1.54) is 24.3 Å². The van der Waals surface area contributed by atoms with Gasteiger partial charge in [-0.3, -0.25) is 19.7 Å². The van der Waals surface area contributed by atoms with E-state index in [-0.39, 0.29) is 11.4 Å². The summed E-state index contributed by atoms with van der Waals surface area (Å²) in [6.45, 7) is 1.14. The van der Waals surface area contributed by atoms with Gasteiger partial charge in [0.15, 0.2) is 0 Å². The number of carboxylic acid groups (broad SMARTS) is 1. The van der Waals surface area contributed by atoms with E-state index in [9.17, 15) is 29.6 Å². The van der Waals surface area contributed by atoms with Gasteiger partial charge in [-0.2, -0.15) is 0 Å². The van der Waals surface area contributed by atoms with Gasteiger partial charge < -0.3 is 20.5 Å². The molecule has 9 nitrogen and oxygen atoms in total. The second-order valence-corrected chi connectivity index (χ2v) is 4.12. The van der Waals surface area contributed by atoms with Gasteiger partial charge in [0.25, 0.3) is 5.69 Å². The van der Waals surface area contributed by atoms with E-state index >= 15 is 0 Å². The molecule has 0 bridgehead atoms. The van der Waals surface area contributed by atoms with Crippen LogP contribution in [-0.4, -0.2) is 28.7 Å². The summed E-state index contributed by atoms with van der Waals surface area (Å²) in [6, 6.07) is 3.66. The lowest BCUT2D eigenvalue weighted by molar-refractivity contribution is -0.384. The van der Waals surface area contributed by atoms with Crippen molar-refractivity contribution in [2.45, 2.75) is 19.4 Å². The number of anilines is 1. The summed E-state index contributed by atoms with van der Waals surface area (Å²) in [5.74, 6) is -2.82. The van der Waals surface area contributed by atoms with E-state index in [1.54, 1.807) is 0 Å². The maximum absolute atomic E-state index is 11.9. The van der Waals surface area contributed by atoms with Gasteiger partial charge in [0, 0.05) is 37.1 Å². The van der Waals surface area contributed by atoms with Gasteiger partial charge in [0.2, 0.25) is 11.8 Å². The van der Waals surface area contributed by atoms with Crippen molar-refractivity contribution in [2.75, 3.05) is 5.32 Å². The fourth-order valence-electron chi connectivity index (χ4n) is 1.52. The normalized spacial score (nSPS) is 11.3. The van der Waals surface area contributed by atoms with E-state index in [0.29, 0.717) is 0 Å². The fourth-order valence-corrected chi connectivity index (χ4v) is 1.52. The van der Waals surface area contributed by atoms with Crippen molar-refractivity contribution in [3.05, 3.63) is 34.4 Å². The molecular weight excluding hydrogens is 282 g/mol. The number of rotatable bonds is 6. The summed E-state index contributed by atoms with van der Waals surface area (Å²) in [5.41, 5.74) is 0.0837. The van der Waals surface area contributed by atoms with Crippen LogP contribution in [0.4, 0.5) is 11.4 Å². The predicted octanol–water partition coefficient (Wildman–Crippen LogP) is -0.822. The molecule has 0 aliphatic heterocycles. The van der Waals surface area contributed by atoms with E-state index in [2.05, 4.69) is 10.6 Å². The lowest BCUT2D eigenvalue weighted by Gasteiger charge is -2.17. The Hall–Kier alpha value is -2.97. The number of aliphatic carboxylic acids is 1. The molecule has 21 heavy (non-hydrogen) atoms. The molecule has 1 rings (SSSR count). The molecule has 2 amide bonds. The number of nitro benzene ring substituents is 1. The number of non-ortho nitro benzene ring substituents is 1. The zero-order valence-corrected chi connectivity index (χ0v) is 11.0. The van der Waals surface area contributed by atoms with Crippen molar-refractivity contribution in [3.63, 3.8) is 0 Å². The third kappa shape index (κ3) is 5.27. The summed E-state index contributed by atoms with van der Waals surface area (Å²) in [5, 5.41) is 25.6. The molecule has 0 aromatic heterocycles. The molecule has 0 fully saturated rings. The van der Waals surface area contributed by atoms with Crippen LogP contribution in [0.3, 0.4) is 0 Å². The van der Waals surface area contributed by atoms with Crippen LogP contribution in [0.25, 0.3) is 0 Å². The molecule has 0 saturated carbocycles. The third-order valence-corrected chi connectivity index (χ3v) is 2.41. The molecule has 0 heterocycles. The summed E-state index contributed by atoms with van der Waals surface area (Å²) in [4.78, 5) is 43.2. The number of carboxylic acids is 1. The van der Waals surface area contributed by atoms with Crippen molar-refractivity contribution < 1.29 is 24.4 Å². The number of amides is 2. The van der Waals surface area contributed by atoms with E-state index in [0.717, 1.165) is 6.92 Å². The van der Waals surface area contributed by atoms with E-state index in [4.69, 9.17) is 0 Å². The van der Waals surface area contributed by atoms with Crippen LogP contribution in [0.1, 0.15) is 13.3 Å². The maximum Gasteiger partial charge on any atom is 0.269 e. The van der Waals surface area contributed by atoms with Crippen LogP contribution in [0.15, 0.2) is 24.3 Å². The molecule has 1 atom stereocenters. The van der Waals surface area contributed by atoms with Gasteiger partial charge in [0.05, 0.1) is 4.92 Å². The first kappa shape index (κ1) is 16.1. The monoisotopic (exact) mass is 294 g/mol. The Labute approximate surface area is 119 Å². The van der Waals surface area contributed by atoms with Gasteiger partial charge in [-0.05, 0) is 12.1 Å². The van der Waals surface area contributed by atoms with Crippen molar-refractivity contribution in [1.29, 1.82) is 0 Å². The molecule has 0 radical (unpaired) electrons. The van der Waals surface area contributed by atoms with E-state index in [1.807, 2.05) is 0 Å². The Balaban J connectivity index is 2.77. The lowest BCUT2D eigenvalue weighted by Crippen LogP contribution is -2.46. The smallest absolute Gasteiger partial charge is 0.269 e. The van der Waals surface area contributed by atoms with Crippen LogP contribution in [-0.2, 0) is 14.4 Å². The standard InChI is InChI=1S/C12H13N3O6/c1-7(16)13-10(6-11(17)18)12(19)14-8-2-4-9(5-3-8)15(20)21/h2-5,10H,6H2,1H3,(H,13,16)(H,14,19)(H,17,18)/p-1/t10-/m0/s1. The number of carbonyl (C=O) groups excluding carboxylic acids is 3. The van der Waals surface area contributed by atoms with Crippen LogP contribution in [0.5, 0.6) is 0 Å². The number of benzene rings is 1. The summed E-state index contributed by atoms with van der Waals surface area (Å²) in [7, 11) is 0. The first-order chi connectivity index (χ1) is 9.79. The second-order valence-electron chi connectivity index (χ2n) is 4.12. The highest BCUT2D eigenvalue weighted by atomic mass is 16.6. The quantitative estimate of drug-likeness (QED) is 0.518. The van der Waals surface area contributed by atoms with Crippen LogP contribution in [0, 0.1) is 10.1 Å². The number of nitro groups is 1. The molecular formula is C12H12N3O6-. The third-order valence-electron chi connectivity index (χ3n) is 2.41. The molecule has 2 N–H and O–H groups in total. The molecule has 0 saturated heterocycles. The van der Waals surface area contributed by atoms with Crippen molar-refractivity contribution in [3.8, 4) is 0 Å². The minimum atomic E-state index is -1.49. The maximum atomic E-state index is 11.9. The predicted molar refractivity (Wildman–Crippen MR) is 69.0 cm³/mol. The van der Waals surface area contributed by atoms with E-state index < -0.39 is 35.2 Å². The lowest BCUT2D eigenvalue weighted by atomic mass is 10.2. The zero-order chi connectivity index (χ0) is 16.0. The van der Waals surface area contributed by atoms with Crippen molar-refractivity contribution >= 4 is 29.2 Å². The molecule has 1 aromatic rings. The average molecular weight is 294 g/mol. The van der Waals surface area contributed by atoms with Gasteiger partial charge >= 0.3 is 0 Å². The molecule has 112 valence electrons. The van der Waals surface area contributed by atoms with Gasteiger partial charge in [-0.15, -0.1) is 0 Å². The Morgan fingerprint density at radius 3 is 2.24 bits per heavy atom. The Bertz CT molecular complexity index is 553. The first-order valence-electron chi connectivity index (χ1n) is 5.82. The van der Waals surface area contributed by atoms with Gasteiger partial charge in [-0.1, -0.05) is 0 Å². The highest BCUT2D eigenvalue weighted by Crippen LogP contribution is 2.15. The van der Waals surface area contributed by atoms with Crippen LogP contribution < -0.4 is 15.7 Å². The summed E-state index contributed by atoms with van der Waals surface area (Å²) < 4.78 is 0. The van der Waals surface area contributed by atoms with Crippen LogP contribution in [0.2, 0.25) is 0 Å². The zero-order valence-electron chi connectivity index (χ0n) is 11.0. The summed E-state index contributed by atoms with van der Waals surface area (Å²) >= 11 is 0. The molecule has 9 heteroatoms. The van der Waals surface area contributed by atoms with Crippen molar-refractivity contribution in [2.24, 2.45) is 0 Å². The van der Waals surface area contributed by atoms with Gasteiger partial charge in [-0.25, -0.2) is 0 Å². The molecule has 0 aliphatic rings. The minimum Gasteiger partial charge on any atom is -0.550 e. The largest absolute Gasteiger partial charge is 0.550 e. The van der Waals surface area contributed by atoms with Crippen LogP contribution >= 0.6 is 0 Å². The number of hydrogen-bond acceptors (Lipinski definition) is 6. The highest BCUT2D eigenvalue weighted by Gasteiger charge is 2.20. The first-order valence-corrected chi connectivity index (χ1v) is 5.82. The number of hydrogen-bond donors (Lipinski definition) is 2. The number of nitrogens with zero attached hydrogens (tertiary/aromatic N) is 1. The Morgan fingerprint density at radius 2 is 1.81 bits per heavy atom. The second kappa shape index (κ2) is 6.98. The minimum absolute atomic E-state index is 0.152. The molecule has 0 spiro atoms. The highest BCUT2D eigenvalue weighted by molar-refractivity contribution is 5.98. The molecule has 0 unspecified atom stereocenters. The Kier molecular flexibility index (Phi) is 5.35. The number of carbonyl (C=O) groups is 3. The van der Waals surface area contributed by atoms with Gasteiger partial charge in [0.1, 0.15) is 6.04 Å². The SMILES string of the molecule is CC(=O)N[C@@H](CC(=O)[O-])C(=O)Nc1ccc([N+](=O)[O-])cc1. The molecule has 1 aromatic carbocycles. The average Bonchev–Trinajstić information content (AvgIpc) is 2.37. The topological polar surface area (TPSA) is 141 Å².